The molecule has 0 aromatic rings. The average molecular weight is 198 g/mol. The van der Waals surface area contributed by atoms with Crippen molar-refractivity contribution in [1.29, 1.82) is 0 Å². The zero-order valence-corrected chi connectivity index (χ0v) is 8.96. The highest BCUT2D eigenvalue weighted by Gasteiger charge is 2.32. The molecule has 1 fully saturated rings. The number of rotatable bonds is 4. The van der Waals surface area contributed by atoms with Gasteiger partial charge in [-0.05, 0) is 12.3 Å². The van der Waals surface area contributed by atoms with Gasteiger partial charge in [0, 0.05) is 6.04 Å². The minimum Gasteiger partial charge on any atom is -0.302 e. The van der Waals surface area contributed by atoms with Crippen molar-refractivity contribution in [3.8, 4) is 0 Å². The van der Waals surface area contributed by atoms with Crippen LogP contribution < -0.4 is 10.6 Å². The van der Waals surface area contributed by atoms with Gasteiger partial charge in [-0.15, -0.1) is 0 Å². The first kappa shape index (κ1) is 11.2. The molecule has 0 bridgehead atoms. The third-order valence-corrected chi connectivity index (χ3v) is 2.63. The molecular weight excluding hydrogens is 180 g/mol. The van der Waals surface area contributed by atoms with E-state index in [0.29, 0.717) is 12.0 Å². The molecule has 4 nitrogen and oxygen atoms in total. The van der Waals surface area contributed by atoms with Crippen molar-refractivity contribution in [3.63, 3.8) is 0 Å². The standard InChI is InChI=1S/C10H18N2O2/c1-4-7(6(2)3)11-8-5-9(13)12-10(8)14/h6-8,11H,4-5H2,1-3H3,(H,12,13,14). The Bertz CT molecular complexity index is 238. The van der Waals surface area contributed by atoms with Gasteiger partial charge in [-0.1, -0.05) is 20.8 Å². The van der Waals surface area contributed by atoms with Crippen LogP contribution in [0, 0.1) is 5.92 Å². The lowest BCUT2D eigenvalue weighted by molar-refractivity contribution is -0.125. The maximum atomic E-state index is 11.3. The zero-order valence-electron chi connectivity index (χ0n) is 8.96. The van der Waals surface area contributed by atoms with Gasteiger partial charge in [-0.25, -0.2) is 0 Å². The lowest BCUT2D eigenvalue weighted by Gasteiger charge is -2.23. The summed E-state index contributed by atoms with van der Waals surface area (Å²) in [6.07, 6.45) is 1.25. The van der Waals surface area contributed by atoms with Crippen molar-refractivity contribution in [3.05, 3.63) is 0 Å². The Labute approximate surface area is 84.4 Å². The van der Waals surface area contributed by atoms with Gasteiger partial charge in [0.05, 0.1) is 12.5 Å². The second-order valence-corrected chi connectivity index (χ2v) is 4.09. The Hall–Kier alpha value is -0.900. The van der Waals surface area contributed by atoms with Crippen molar-refractivity contribution < 1.29 is 9.59 Å². The molecule has 1 heterocycles. The molecule has 1 aliphatic rings. The van der Waals surface area contributed by atoms with Crippen LogP contribution in [0.2, 0.25) is 0 Å². The summed E-state index contributed by atoms with van der Waals surface area (Å²) >= 11 is 0. The van der Waals surface area contributed by atoms with Crippen LogP contribution in [-0.2, 0) is 9.59 Å². The van der Waals surface area contributed by atoms with E-state index in [2.05, 4.69) is 31.4 Å². The molecule has 80 valence electrons. The predicted molar refractivity (Wildman–Crippen MR) is 53.6 cm³/mol. The van der Waals surface area contributed by atoms with Gasteiger partial charge in [0.15, 0.2) is 0 Å². The van der Waals surface area contributed by atoms with E-state index in [4.69, 9.17) is 0 Å². The summed E-state index contributed by atoms with van der Waals surface area (Å²) in [4.78, 5) is 22.2. The van der Waals surface area contributed by atoms with Crippen molar-refractivity contribution in [2.75, 3.05) is 0 Å². The van der Waals surface area contributed by atoms with Crippen LogP contribution in [0.15, 0.2) is 0 Å². The fraction of sp³-hybridized carbons (Fsp3) is 0.800. The van der Waals surface area contributed by atoms with E-state index in [0.717, 1.165) is 6.42 Å². The van der Waals surface area contributed by atoms with Crippen molar-refractivity contribution in [2.24, 2.45) is 5.92 Å². The van der Waals surface area contributed by atoms with Gasteiger partial charge in [0.2, 0.25) is 11.8 Å². The Morgan fingerprint density at radius 2 is 2.14 bits per heavy atom. The topological polar surface area (TPSA) is 58.2 Å². The number of hydrogen-bond acceptors (Lipinski definition) is 3. The zero-order chi connectivity index (χ0) is 10.7. The predicted octanol–water partition coefficient (Wildman–Crippen LogP) is 0.426. The summed E-state index contributed by atoms with van der Waals surface area (Å²) in [5.74, 6) is 0.115. The van der Waals surface area contributed by atoms with Crippen LogP contribution >= 0.6 is 0 Å². The van der Waals surface area contributed by atoms with Crippen molar-refractivity contribution in [1.82, 2.24) is 10.6 Å². The Morgan fingerprint density at radius 1 is 1.50 bits per heavy atom. The number of carbonyl (C=O) groups is 2. The minimum atomic E-state index is -0.324. The first-order valence-electron chi connectivity index (χ1n) is 5.14. The quantitative estimate of drug-likeness (QED) is 0.644. The van der Waals surface area contributed by atoms with Crippen LogP contribution in [0.1, 0.15) is 33.6 Å². The lowest BCUT2D eigenvalue weighted by Crippen LogP contribution is -2.44. The molecule has 2 N–H and O–H groups in total. The van der Waals surface area contributed by atoms with E-state index >= 15 is 0 Å². The summed E-state index contributed by atoms with van der Waals surface area (Å²) in [6, 6.07) is -0.0218. The average Bonchev–Trinajstić information content (AvgIpc) is 2.40. The monoisotopic (exact) mass is 198 g/mol. The number of carbonyl (C=O) groups excluding carboxylic acids is 2. The van der Waals surface area contributed by atoms with Crippen molar-refractivity contribution >= 4 is 11.8 Å². The highest BCUT2D eigenvalue weighted by molar-refractivity contribution is 6.05. The van der Waals surface area contributed by atoms with E-state index in [1.165, 1.54) is 0 Å². The normalized spacial score (nSPS) is 24.1. The lowest BCUT2D eigenvalue weighted by atomic mass is 10.0. The Balaban J connectivity index is 2.50. The van der Waals surface area contributed by atoms with Gasteiger partial charge in [-0.2, -0.15) is 0 Å². The SMILES string of the molecule is CCC(NC1CC(=O)NC1=O)C(C)C. The van der Waals surface area contributed by atoms with Crippen LogP contribution in [0.25, 0.3) is 0 Å². The third kappa shape index (κ3) is 2.54. The van der Waals surface area contributed by atoms with Gasteiger partial charge in [-0.3, -0.25) is 14.9 Å². The van der Waals surface area contributed by atoms with Crippen LogP contribution in [-0.4, -0.2) is 23.9 Å². The van der Waals surface area contributed by atoms with Gasteiger partial charge >= 0.3 is 0 Å². The van der Waals surface area contributed by atoms with E-state index in [-0.39, 0.29) is 24.3 Å². The molecule has 4 heteroatoms. The van der Waals surface area contributed by atoms with E-state index in [1.54, 1.807) is 0 Å². The molecule has 0 aliphatic carbocycles. The molecule has 0 radical (unpaired) electrons. The molecule has 0 saturated carbocycles. The van der Waals surface area contributed by atoms with Gasteiger partial charge < -0.3 is 5.32 Å². The summed E-state index contributed by atoms with van der Waals surface area (Å²) in [5.41, 5.74) is 0. The number of imide groups is 1. The molecule has 0 spiro atoms. The largest absolute Gasteiger partial charge is 0.302 e. The number of nitrogens with one attached hydrogen (secondary N) is 2. The molecule has 0 aromatic carbocycles. The second-order valence-electron chi connectivity index (χ2n) is 4.09. The number of amides is 2. The van der Waals surface area contributed by atoms with Crippen LogP contribution in [0.3, 0.4) is 0 Å². The van der Waals surface area contributed by atoms with Crippen LogP contribution in [0.4, 0.5) is 0 Å². The van der Waals surface area contributed by atoms with E-state index in [9.17, 15) is 9.59 Å². The molecule has 2 atom stereocenters. The van der Waals surface area contributed by atoms with Gasteiger partial charge in [0.1, 0.15) is 0 Å². The second kappa shape index (κ2) is 4.55. The maximum absolute atomic E-state index is 11.3. The van der Waals surface area contributed by atoms with E-state index < -0.39 is 0 Å². The summed E-state index contributed by atoms with van der Waals surface area (Å²) in [7, 11) is 0. The highest BCUT2D eigenvalue weighted by Crippen LogP contribution is 2.10. The Morgan fingerprint density at radius 3 is 2.50 bits per heavy atom. The third-order valence-electron chi connectivity index (χ3n) is 2.63. The minimum absolute atomic E-state index is 0.175. The van der Waals surface area contributed by atoms with E-state index in [1.807, 2.05) is 0 Å². The highest BCUT2D eigenvalue weighted by atomic mass is 16.2. The fourth-order valence-corrected chi connectivity index (χ4v) is 1.73. The molecular formula is C10H18N2O2. The molecule has 2 amide bonds. The molecule has 0 aromatic heterocycles. The smallest absolute Gasteiger partial charge is 0.244 e. The maximum Gasteiger partial charge on any atom is 0.244 e. The molecule has 1 saturated heterocycles. The Kier molecular flexibility index (Phi) is 3.63. The summed E-state index contributed by atoms with van der Waals surface area (Å²) in [6.45, 7) is 6.29. The first-order valence-corrected chi connectivity index (χ1v) is 5.14. The molecule has 14 heavy (non-hydrogen) atoms. The summed E-state index contributed by atoms with van der Waals surface area (Å²) < 4.78 is 0. The fourth-order valence-electron chi connectivity index (χ4n) is 1.73. The molecule has 1 rings (SSSR count). The molecule has 1 aliphatic heterocycles. The van der Waals surface area contributed by atoms with Crippen LogP contribution in [0.5, 0.6) is 0 Å². The molecule has 2 unspecified atom stereocenters. The van der Waals surface area contributed by atoms with Crippen molar-refractivity contribution in [2.45, 2.75) is 45.7 Å². The first-order chi connectivity index (χ1) is 6.54. The van der Waals surface area contributed by atoms with Gasteiger partial charge in [0.25, 0.3) is 0 Å². The summed E-state index contributed by atoms with van der Waals surface area (Å²) in [5, 5.41) is 5.51. The number of hydrogen-bond donors (Lipinski definition) is 2.